The van der Waals surface area contributed by atoms with Crippen LogP contribution in [-0.2, 0) is 15.9 Å². The Bertz CT molecular complexity index is 356. The highest BCUT2D eigenvalue weighted by Crippen LogP contribution is 2.21. The fraction of sp³-hybridized carbons (Fsp3) is 0.500. The van der Waals surface area contributed by atoms with Crippen molar-refractivity contribution in [3.63, 3.8) is 0 Å². The fourth-order valence-electron chi connectivity index (χ4n) is 1.81. The van der Waals surface area contributed by atoms with Crippen LogP contribution in [0.2, 0.25) is 0 Å². The molecule has 1 unspecified atom stereocenters. The normalized spacial score (nSPS) is 15.0. The highest BCUT2D eigenvalue weighted by molar-refractivity contribution is 5.19. The highest BCUT2D eigenvalue weighted by atomic mass is 19.1. The number of benzene rings is 1. The molecule has 0 bridgehead atoms. The third kappa shape index (κ3) is 3.73. The van der Waals surface area contributed by atoms with Crippen molar-refractivity contribution < 1.29 is 23.4 Å². The molecule has 1 aromatic carbocycles. The maximum atomic E-state index is 13.0. The van der Waals surface area contributed by atoms with Crippen LogP contribution in [0.1, 0.15) is 12.5 Å². The molecule has 1 aromatic rings. The van der Waals surface area contributed by atoms with Gasteiger partial charge in [-0.3, -0.25) is 0 Å². The average molecular weight is 246 g/mol. The summed E-state index contributed by atoms with van der Waals surface area (Å²) in [6.45, 7) is 1.48. The smallest absolute Gasteiger partial charge is 0.185 e. The third-order valence-electron chi connectivity index (χ3n) is 2.42. The van der Waals surface area contributed by atoms with E-state index in [-0.39, 0.29) is 6.42 Å². The van der Waals surface area contributed by atoms with Crippen molar-refractivity contribution in [2.45, 2.75) is 25.2 Å². The predicted molar refractivity (Wildman–Crippen MR) is 58.5 cm³/mol. The van der Waals surface area contributed by atoms with Gasteiger partial charge in [-0.15, -0.1) is 0 Å². The lowest BCUT2D eigenvalue weighted by molar-refractivity contribution is -0.207. The topological polar surface area (TPSA) is 38.7 Å². The number of aliphatic hydroxyl groups is 1. The summed E-state index contributed by atoms with van der Waals surface area (Å²) in [6, 6.07) is 3.11. The van der Waals surface area contributed by atoms with Gasteiger partial charge >= 0.3 is 0 Å². The standard InChI is InChI=1S/C12H16F2O3/c1-12(15,11(16-2)17-3)7-8-4-9(13)6-10(14)5-8/h4-6,11,15H,7H2,1-3H3. The van der Waals surface area contributed by atoms with E-state index >= 15 is 0 Å². The van der Waals surface area contributed by atoms with Crippen molar-refractivity contribution in [1.82, 2.24) is 0 Å². The first-order valence-electron chi connectivity index (χ1n) is 5.12. The minimum Gasteiger partial charge on any atom is -0.385 e. The third-order valence-corrected chi connectivity index (χ3v) is 2.42. The number of methoxy groups -OCH3 is 2. The zero-order valence-electron chi connectivity index (χ0n) is 10.0. The van der Waals surface area contributed by atoms with Gasteiger partial charge in [-0.25, -0.2) is 8.78 Å². The second kappa shape index (κ2) is 5.53. The van der Waals surface area contributed by atoms with Crippen LogP contribution in [0.4, 0.5) is 8.78 Å². The van der Waals surface area contributed by atoms with E-state index < -0.39 is 23.5 Å². The Labute approximate surface area is 99.0 Å². The van der Waals surface area contributed by atoms with Crippen LogP contribution >= 0.6 is 0 Å². The molecular formula is C12H16F2O3. The van der Waals surface area contributed by atoms with Crippen LogP contribution in [0, 0.1) is 11.6 Å². The van der Waals surface area contributed by atoms with E-state index in [2.05, 4.69) is 0 Å². The minimum absolute atomic E-state index is 0.0219. The average Bonchev–Trinajstić information content (AvgIpc) is 2.15. The molecule has 0 saturated heterocycles. The number of rotatable bonds is 5. The number of hydrogen-bond donors (Lipinski definition) is 1. The molecule has 0 fully saturated rings. The van der Waals surface area contributed by atoms with E-state index in [4.69, 9.17) is 9.47 Å². The first-order valence-corrected chi connectivity index (χ1v) is 5.12. The maximum Gasteiger partial charge on any atom is 0.185 e. The largest absolute Gasteiger partial charge is 0.385 e. The Balaban J connectivity index is 2.88. The summed E-state index contributed by atoms with van der Waals surface area (Å²) in [4.78, 5) is 0. The SMILES string of the molecule is COC(OC)C(C)(O)Cc1cc(F)cc(F)c1. The summed E-state index contributed by atoms with van der Waals surface area (Å²) >= 11 is 0. The second-order valence-electron chi connectivity index (χ2n) is 4.11. The molecule has 0 aliphatic rings. The molecular weight excluding hydrogens is 230 g/mol. The molecule has 0 radical (unpaired) electrons. The van der Waals surface area contributed by atoms with Crippen LogP contribution in [0.25, 0.3) is 0 Å². The summed E-state index contributed by atoms with van der Waals surface area (Å²) in [5.74, 6) is -1.36. The van der Waals surface area contributed by atoms with E-state index in [1.54, 1.807) is 0 Å². The van der Waals surface area contributed by atoms with Crippen molar-refractivity contribution in [2.24, 2.45) is 0 Å². The first kappa shape index (κ1) is 14.0. The maximum absolute atomic E-state index is 13.0. The number of halogens is 2. The lowest BCUT2D eigenvalue weighted by Gasteiger charge is -2.30. The van der Waals surface area contributed by atoms with Crippen LogP contribution in [0.3, 0.4) is 0 Å². The van der Waals surface area contributed by atoms with Gasteiger partial charge in [0.05, 0.1) is 0 Å². The molecule has 96 valence electrons. The summed E-state index contributed by atoms with van der Waals surface area (Å²) in [6.07, 6.45) is -0.845. The molecule has 0 aliphatic carbocycles. The van der Waals surface area contributed by atoms with Crippen LogP contribution in [-0.4, -0.2) is 31.2 Å². The lowest BCUT2D eigenvalue weighted by atomic mass is 9.95. The molecule has 0 aliphatic heterocycles. The molecule has 0 aromatic heterocycles. The molecule has 17 heavy (non-hydrogen) atoms. The van der Waals surface area contributed by atoms with E-state index in [0.29, 0.717) is 5.56 Å². The summed E-state index contributed by atoms with van der Waals surface area (Å²) in [7, 11) is 2.77. The van der Waals surface area contributed by atoms with E-state index in [9.17, 15) is 13.9 Å². The van der Waals surface area contributed by atoms with E-state index in [1.165, 1.54) is 33.3 Å². The van der Waals surface area contributed by atoms with Gasteiger partial charge in [0.15, 0.2) is 6.29 Å². The monoisotopic (exact) mass is 246 g/mol. The Morgan fingerprint density at radius 3 is 2.06 bits per heavy atom. The van der Waals surface area contributed by atoms with Crippen molar-refractivity contribution in [2.75, 3.05) is 14.2 Å². The molecule has 1 rings (SSSR count). The number of ether oxygens (including phenoxy) is 2. The van der Waals surface area contributed by atoms with Gasteiger partial charge in [-0.2, -0.15) is 0 Å². The van der Waals surface area contributed by atoms with Crippen molar-refractivity contribution in [1.29, 1.82) is 0 Å². The summed E-state index contributed by atoms with van der Waals surface area (Å²) < 4.78 is 35.8. The second-order valence-corrected chi connectivity index (χ2v) is 4.11. The summed E-state index contributed by atoms with van der Waals surface area (Å²) in [5, 5.41) is 10.1. The molecule has 3 nitrogen and oxygen atoms in total. The van der Waals surface area contributed by atoms with Gasteiger partial charge in [0, 0.05) is 26.7 Å². The van der Waals surface area contributed by atoms with E-state index in [0.717, 1.165) is 6.07 Å². The molecule has 5 heteroatoms. The molecule has 1 atom stereocenters. The highest BCUT2D eigenvalue weighted by Gasteiger charge is 2.32. The van der Waals surface area contributed by atoms with Gasteiger partial charge in [0.2, 0.25) is 0 Å². The Kier molecular flexibility index (Phi) is 4.56. The Morgan fingerprint density at radius 1 is 1.18 bits per heavy atom. The van der Waals surface area contributed by atoms with Gasteiger partial charge in [0.25, 0.3) is 0 Å². The number of hydrogen-bond acceptors (Lipinski definition) is 3. The van der Waals surface area contributed by atoms with Crippen molar-refractivity contribution >= 4 is 0 Å². The fourth-order valence-corrected chi connectivity index (χ4v) is 1.81. The van der Waals surface area contributed by atoms with Crippen LogP contribution < -0.4 is 0 Å². The zero-order chi connectivity index (χ0) is 13.1. The molecule has 0 amide bonds. The van der Waals surface area contributed by atoms with E-state index in [1.807, 2.05) is 0 Å². The molecule has 0 saturated carbocycles. The zero-order valence-corrected chi connectivity index (χ0v) is 10.0. The quantitative estimate of drug-likeness (QED) is 0.806. The minimum atomic E-state index is -1.37. The Morgan fingerprint density at radius 2 is 1.65 bits per heavy atom. The van der Waals surface area contributed by atoms with Gasteiger partial charge in [-0.1, -0.05) is 0 Å². The van der Waals surface area contributed by atoms with Gasteiger partial charge in [0.1, 0.15) is 17.2 Å². The van der Waals surface area contributed by atoms with Crippen molar-refractivity contribution in [3.05, 3.63) is 35.4 Å². The van der Waals surface area contributed by atoms with Gasteiger partial charge < -0.3 is 14.6 Å². The first-order chi connectivity index (χ1) is 7.89. The molecule has 0 heterocycles. The van der Waals surface area contributed by atoms with Crippen molar-refractivity contribution in [3.8, 4) is 0 Å². The lowest BCUT2D eigenvalue weighted by Crippen LogP contribution is -2.43. The van der Waals surface area contributed by atoms with Gasteiger partial charge in [-0.05, 0) is 24.6 Å². The predicted octanol–water partition coefficient (Wildman–Crippen LogP) is 1.88. The van der Waals surface area contributed by atoms with Crippen LogP contribution in [0.5, 0.6) is 0 Å². The summed E-state index contributed by atoms with van der Waals surface area (Å²) in [5.41, 5.74) is -1.03. The Hall–Kier alpha value is -1.04. The van der Waals surface area contributed by atoms with Crippen LogP contribution in [0.15, 0.2) is 18.2 Å². The molecule has 0 spiro atoms. The molecule has 1 N–H and O–H groups in total.